The highest BCUT2D eigenvalue weighted by molar-refractivity contribution is 5.78. The van der Waals surface area contributed by atoms with E-state index in [0.29, 0.717) is 12.1 Å². The Bertz CT molecular complexity index is 397. The standard InChI is InChI=1S/C12H14F3NO/c1-3-7(2)16-12(17)6-9-10(14)4-8(13)5-11(9)15/h4-5,7H,3,6H2,1-2H3,(H,16,17). The van der Waals surface area contributed by atoms with Crippen LogP contribution in [-0.2, 0) is 11.2 Å². The summed E-state index contributed by atoms with van der Waals surface area (Å²) in [5, 5.41) is 2.58. The number of hydrogen-bond donors (Lipinski definition) is 1. The van der Waals surface area contributed by atoms with E-state index in [4.69, 9.17) is 0 Å². The van der Waals surface area contributed by atoms with E-state index in [-0.39, 0.29) is 6.04 Å². The minimum atomic E-state index is -1.04. The third-order valence-corrected chi connectivity index (χ3v) is 2.46. The highest BCUT2D eigenvalue weighted by Crippen LogP contribution is 2.15. The van der Waals surface area contributed by atoms with E-state index >= 15 is 0 Å². The summed E-state index contributed by atoms with van der Waals surface area (Å²) >= 11 is 0. The minimum absolute atomic E-state index is 0.0610. The van der Waals surface area contributed by atoms with Gasteiger partial charge in [-0.15, -0.1) is 0 Å². The molecule has 1 atom stereocenters. The predicted molar refractivity (Wildman–Crippen MR) is 57.9 cm³/mol. The third-order valence-electron chi connectivity index (χ3n) is 2.46. The van der Waals surface area contributed by atoms with Gasteiger partial charge >= 0.3 is 0 Å². The van der Waals surface area contributed by atoms with Crippen molar-refractivity contribution in [3.63, 3.8) is 0 Å². The lowest BCUT2D eigenvalue weighted by Crippen LogP contribution is -2.33. The number of nitrogens with one attached hydrogen (secondary N) is 1. The number of amides is 1. The first-order chi connectivity index (χ1) is 7.93. The van der Waals surface area contributed by atoms with E-state index < -0.39 is 35.3 Å². The van der Waals surface area contributed by atoms with Gasteiger partial charge in [0.05, 0.1) is 6.42 Å². The van der Waals surface area contributed by atoms with Crippen LogP contribution in [0.5, 0.6) is 0 Å². The van der Waals surface area contributed by atoms with Gasteiger partial charge in [-0.1, -0.05) is 6.92 Å². The molecular formula is C12H14F3NO. The lowest BCUT2D eigenvalue weighted by molar-refractivity contribution is -0.121. The molecule has 0 saturated carbocycles. The largest absolute Gasteiger partial charge is 0.353 e. The lowest BCUT2D eigenvalue weighted by Gasteiger charge is -2.12. The van der Waals surface area contributed by atoms with Crippen LogP contribution in [0.15, 0.2) is 12.1 Å². The number of hydrogen-bond acceptors (Lipinski definition) is 1. The van der Waals surface area contributed by atoms with E-state index in [2.05, 4.69) is 5.32 Å². The molecule has 1 amide bonds. The smallest absolute Gasteiger partial charge is 0.224 e. The van der Waals surface area contributed by atoms with Gasteiger partial charge in [-0.05, 0) is 13.3 Å². The quantitative estimate of drug-likeness (QED) is 0.867. The Labute approximate surface area is 97.8 Å². The first kappa shape index (κ1) is 13.5. The Morgan fingerprint density at radius 3 is 2.29 bits per heavy atom. The van der Waals surface area contributed by atoms with E-state index in [0.717, 1.165) is 6.42 Å². The monoisotopic (exact) mass is 245 g/mol. The van der Waals surface area contributed by atoms with Crippen LogP contribution in [0, 0.1) is 17.5 Å². The van der Waals surface area contributed by atoms with Gasteiger partial charge in [0.25, 0.3) is 0 Å². The average molecular weight is 245 g/mol. The molecule has 0 fully saturated rings. The predicted octanol–water partition coefficient (Wildman–Crippen LogP) is 2.56. The zero-order valence-electron chi connectivity index (χ0n) is 9.69. The minimum Gasteiger partial charge on any atom is -0.353 e. The molecule has 94 valence electrons. The molecule has 1 unspecified atom stereocenters. The fourth-order valence-electron chi connectivity index (χ4n) is 1.33. The van der Waals surface area contributed by atoms with Crippen molar-refractivity contribution < 1.29 is 18.0 Å². The Morgan fingerprint density at radius 1 is 1.29 bits per heavy atom. The molecule has 0 aliphatic rings. The zero-order valence-corrected chi connectivity index (χ0v) is 9.69. The van der Waals surface area contributed by atoms with Crippen molar-refractivity contribution in [2.24, 2.45) is 0 Å². The van der Waals surface area contributed by atoms with Gasteiger partial charge in [0.1, 0.15) is 17.5 Å². The molecule has 5 heteroatoms. The second-order valence-electron chi connectivity index (χ2n) is 3.90. The Kier molecular flexibility index (Phi) is 4.54. The van der Waals surface area contributed by atoms with Crippen LogP contribution in [-0.4, -0.2) is 11.9 Å². The van der Waals surface area contributed by atoms with E-state index in [1.807, 2.05) is 6.92 Å². The Hall–Kier alpha value is -1.52. The van der Waals surface area contributed by atoms with Gasteiger partial charge in [-0.2, -0.15) is 0 Å². The maximum absolute atomic E-state index is 13.2. The molecule has 0 aromatic heterocycles. The molecule has 0 aliphatic heterocycles. The number of halogens is 3. The molecule has 2 nitrogen and oxygen atoms in total. The van der Waals surface area contributed by atoms with Gasteiger partial charge in [0.15, 0.2) is 0 Å². The van der Waals surface area contributed by atoms with Crippen molar-refractivity contribution in [3.8, 4) is 0 Å². The van der Waals surface area contributed by atoms with E-state index in [1.165, 1.54) is 0 Å². The highest BCUT2D eigenvalue weighted by Gasteiger charge is 2.15. The second kappa shape index (κ2) is 5.70. The van der Waals surface area contributed by atoms with Crippen molar-refractivity contribution in [2.45, 2.75) is 32.7 Å². The van der Waals surface area contributed by atoms with Crippen molar-refractivity contribution in [2.75, 3.05) is 0 Å². The average Bonchev–Trinajstić information content (AvgIpc) is 2.23. The first-order valence-electron chi connectivity index (χ1n) is 5.36. The first-order valence-corrected chi connectivity index (χ1v) is 5.36. The van der Waals surface area contributed by atoms with Crippen LogP contribution in [0.4, 0.5) is 13.2 Å². The summed E-state index contributed by atoms with van der Waals surface area (Å²) in [6.07, 6.45) is 0.294. The molecule has 0 aliphatic carbocycles. The maximum Gasteiger partial charge on any atom is 0.224 e. The molecule has 0 radical (unpaired) electrons. The van der Waals surface area contributed by atoms with E-state index in [9.17, 15) is 18.0 Å². The maximum atomic E-state index is 13.2. The molecule has 1 aromatic carbocycles. The Balaban J connectivity index is 2.78. The fourth-order valence-corrected chi connectivity index (χ4v) is 1.33. The summed E-state index contributed by atoms with van der Waals surface area (Å²) in [5.41, 5.74) is -0.410. The number of carbonyl (C=O) groups excluding carboxylic acids is 1. The fraction of sp³-hybridized carbons (Fsp3) is 0.417. The van der Waals surface area contributed by atoms with Crippen LogP contribution in [0.25, 0.3) is 0 Å². The van der Waals surface area contributed by atoms with Gasteiger partial charge in [0, 0.05) is 23.7 Å². The summed E-state index contributed by atoms with van der Waals surface area (Å²) in [5.74, 6) is -3.56. The van der Waals surface area contributed by atoms with Crippen molar-refractivity contribution in [1.29, 1.82) is 0 Å². The second-order valence-corrected chi connectivity index (χ2v) is 3.90. The molecule has 17 heavy (non-hydrogen) atoms. The van der Waals surface area contributed by atoms with Crippen LogP contribution in [0.1, 0.15) is 25.8 Å². The van der Waals surface area contributed by atoms with E-state index in [1.54, 1.807) is 6.92 Å². The van der Waals surface area contributed by atoms with Gasteiger partial charge in [-0.25, -0.2) is 13.2 Å². The van der Waals surface area contributed by atoms with Crippen molar-refractivity contribution in [1.82, 2.24) is 5.32 Å². The molecule has 0 bridgehead atoms. The summed E-state index contributed by atoms with van der Waals surface area (Å²) in [4.78, 5) is 11.4. The molecule has 0 heterocycles. The van der Waals surface area contributed by atoms with Crippen LogP contribution < -0.4 is 5.32 Å². The number of benzene rings is 1. The van der Waals surface area contributed by atoms with Crippen LogP contribution in [0.3, 0.4) is 0 Å². The third kappa shape index (κ3) is 3.76. The summed E-state index contributed by atoms with van der Waals surface area (Å²) in [6.45, 7) is 3.67. The number of carbonyl (C=O) groups is 1. The van der Waals surface area contributed by atoms with Crippen LogP contribution >= 0.6 is 0 Å². The lowest BCUT2D eigenvalue weighted by atomic mass is 10.1. The van der Waals surface area contributed by atoms with Gasteiger partial charge in [0.2, 0.25) is 5.91 Å². The van der Waals surface area contributed by atoms with Crippen molar-refractivity contribution in [3.05, 3.63) is 35.1 Å². The summed E-state index contributed by atoms with van der Waals surface area (Å²) in [7, 11) is 0. The summed E-state index contributed by atoms with van der Waals surface area (Å²) < 4.78 is 39.1. The number of rotatable bonds is 4. The molecular weight excluding hydrogens is 231 g/mol. The Morgan fingerprint density at radius 2 is 1.82 bits per heavy atom. The molecule has 0 spiro atoms. The van der Waals surface area contributed by atoms with Crippen molar-refractivity contribution >= 4 is 5.91 Å². The zero-order chi connectivity index (χ0) is 13.0. The van der Waals surface area contributed by atoms with Gasteiger partial charge in [-0.3, -0.25) is 4.79 Å². The van der Waals surface area contributed by atoms with Gasteiger partial charge < -0.3 is 5.32 Å². The normalized spacial score (nSPS) is 12.3. The SMILES string of the molecule is CCC(C)NC(=O)Cc1c(F)cc(F)cc1F. The molecule has 1 N–H and O–H groups in total. The topological polar surface area (TPSA) is 29.1 Å². The summed E-state index contributed by atoms with van der Waals surface area (Å²) in [6, 6.07) is 1.07. The van der Waals surface area contributed by atoms with Crippen LogP contribution in [0.2, 0.25) is 0 Å². The highest BCUT2D eigenvalue weighted by atomic mass is 19.1. The molecule has 1 aromatic rings. The molecule has 1 rings (SSSR count). The molecule has 0 saturated heterocycles.